The summed E-state index contributed by atoms with van der Waals surface area (Å²) < 4.78 is 0. The lowest BCUT2D eigenvalue weighted by Crippen LogP contribution is -2.34. The molecule has 0 saturated heterocycles. The Morgan fingerprint density at radius 3 is 2.21 bits per heavy atom. The molecule has 24 heavy (non-hydrogen) atoms. The third-order valence-corrected chi connectivity index (χ3v) is 4.50. The molecule has 0 amide bonds. The molecule has 1 unspecified atom stereocenters. The van der Waals surface area contributed by atoms with E-state index in [2.05, 4.69) is 83.5 Å². The Kier molecular flexibility index (Phi) is 4.04. The predicted molar refractivity (Wildman–Crippen MR) is 100.0 cm³/mol. The average Bonchev–Trinajstić information content (AvgIpc) is 2.67. The Balaban J connectivity index is 1.77. The van der Waals surface area contributed by atoms with E-state index in [0.717, 1.165) is 18.5 Å². The highest BCUT2D eigenvalue weighted by Crippen LogP contribution is 2.33. The van der Waals surface area contributed by atoms with Crippen molar-refractivity contribution in [1.82, 2.24) is 0 Å². The van der Waals surface area contributed by atoms with Crippen LogP contribution in [-0.2, 0) is 6.42 Å². The third kappa shape index (κ3) is 2.92. The van der Waals surface area contributed by atoms with Gasteiger partial charge in [0, 0.05) is 17.8 Å². The van der Waals surface area contributed by atoms with Crippen LogP contribution in [-0.4, -0.2) is 6.54 Å². The molecule has 1 aliphatic rings. The fourth-order valence-electron chi connectivity index (χ4n) is 3.29. The van der Waals surface area contributed by atoms with E-state index in [4.69, 9.17) is 0 Å². The average molecular weight is 309 g/mol. The number of rotatable bonds is 1. The summed E-state index contributed by atoms with van der Waals surface area (Å²) in [7, 11) is 0. The molecule has 0 fully saturated rings. The molecule has 0 radical (unpaired) electrons. The molecule has 1 nitrogen and oxygen atoms in total. The van der Waals surface area contributed by atoms with Crippen molar-refractivity contribution in [2.45, 2.75) is 12.5 Å². The lowest BCUT2D eigenvalue weighted by atomic mass is 9.92. The largest absolute Gasteiger partial charge is 0.353 e. The van der Waals surface area contributed by atoms with Gasteiger partial charge in [0.25, 0.3) is 0 Å². The molecule has 116 valence electrons. The molecule has 0 saturated carbocycles. The molecule has 1 atom stereocenters. The highest BCUT2D eigenvalue weighted by Gasteiger charge is 2.25. The monoisotopic (exact) mass is 309 g/mol. The van der Waals surface area contributed by atoms with Gasteiger partial charge in [-0.1, -0.05) is 72.5 Å². The zero-order valence-electron chi connectivity index (χ0n) is 13.5. The molecule has 3 aromatic carbocycles. The van der Waals surface area contributed by atoms with E-state index in [-0.39, 0.29) is 6.04 Å². The molecule has 4 rings (SSSR count). The van der Waals surface area contributed by atoms with Crippen molar-refractivity contribution < 1.29 is 0 Å². The predicted octanol–water partition coefficient (Wildman–Crippen LogP) is 4.84. The van der Waals surface area contributed by atoms with Crippen LogP contribution in [0.1, 0.15) is 22.7 Å². The number of benzene rings is 3. The minimum atomic E-state index is 0.0950. The van der Waals surface area contributed by atoms with E-state index in [1.54, 1.807) is 0 Å². The summed E-state index contributed by atoms with van der Waals surface area (Å²) >= 11 is 0. The van der Waals surface area contributed by atoms with Crippen molar-refractivity contribution in [1.29, 1.82) is 0 Å². The molecule has 0 aromatic heterocycles. The number of para-hydroxylation sites is 1. The van der Waals surface area contributed by atoms with Crippen LogP contribution < -0.4 is 4.90 Å². The van der Waals surface area contributed by atoms with Crippen LogP contribution in [0, 0.1) is 11.8 Å². The highest BCUT2D eigenvalue weighted by molar-refractivity contribution is 5.55. The van der Waals surface area contributed by atoms with E-state index in [0.29, 0.717) is 0 Å². The van der Waals surface area contributed by atoms with Crippen molar-refractivity contribution in [3.63, 3.8) is 0 Å². The number of hydrogen-bond donors (Lipinski definition) is 0. The first kappa shape index (κ1) is 14.6. The molecule has 0 aliphatic carbocycles. The fourth-order valence-corrected chi connectivity index (χ4v) is 3.29. The van der Waals surface area contributed by atoms with Crippen molar-refractivity contribution in [2.24, 2.45) is 0 Å². The van der Waals surface area contributed by atoms with Crippen LogP contribution in [0.4, 0.5) is 5.69 Å². The maximum absolute atomic E-state index is 3.52. The van der Waals surface area contributed by atoms with Gasteiger partial charge in [0.15, 0.2) is 0 Å². The summed E-state index contributed by atoms with van der Waals surface area (Å²) in [6, 6.07) is 29.6. The van der Waals surface area contributed by atoms with E-state index >= 15 is 0 Å². The second-order valence-electron chi connectivity index (χ2n) is 6.02. The minimum absolute atomic E-state index is 0.0950. The summed E-state index contributed by atoms with van der Waals surface area (Å²) in [6.45, 7) is 0.995. The van der Waals surface area contributed by atoms with Crippen LogP contribution >= 0.6 is 0 Å². The Hall–Kier alpha value is -2.98. The molecular weight excluding hydrogens is 290 g/mol. The number of hydrogen-bond acceptors (Lipinski definition) is 1. The van der Waals surface area contributed by atoms with E-state index < -0.39 is 0 Å². The first-order valence-corrected chi connectivity index (χ1v) is 8.38. The Morgan fingerprint density at radius 1 is 0.750 bits per heavy atom. The van der Waals surface area contributed by atoms with E-state index in [1.165, 1.54) is 16.8 Å². The van der Waals surface area contributed by atoms with Gasteiger partial charge in [-0.15, -0.1) is 0 Å². The molecule has 1 heterocycles. The van der Waals surface area contributed by atoms with Crippen molar-refractivity contribution in [3.8, 4) is 11.8 Å². The number of anilines is 1. The van der Waals surface area contributed by atoms with Crippen LogP contribution in [0.5, 0.6) is 0 Å². The van der Waals surface area contributed by atoms with Crippen LogP contribution in [0.25, 0.3) is 0 Å². The molecular formula is C23H19N. The van der Waals surface area contributed by atoms with Crippen molar-refractivity contribution >= 4 is 5.69 Å². The van der Waals surface area contributed by atoms with Crippen molar-refractivity contribution in [3.05, 3.63) is 102 Å². The lowest BCUT2D eigenvalue weighted by molar-refractivity contribution is 0.682. The topological polar surface area (TPSA) is 3.24 Å². The lowest BCUT2D eigenvalue weighted by Gasteiger charge is -2.36. The molecule has 3 aromatic rings. The van der Waals surface area contributed by atoms with Gasteiger partial charge in [-0.25, -0.2) is 0 Å². The number of fused-ring (bicyclic) bond motifs is 1. The summed E-state index contributed by atoms with van der Waals surface area (Å²) in [4.78, 5) is 2.41. The SMILES string of the molecule is C(#CC1c2ccccc2CCN1c1ccccc1)c1ccccc1. The molecule has 0 spiro atoms. The van der Waals surface area contributed by atoms with Gasteiger partial charge >= 0.3 is 0 Å². The maximum Gasteiger partial charge on any atom is 0.117 e. The third-order valence-electron chi connectivity index (χ3n) is 4.50. The normalized spacial score (nSPS) is 16.0. The van der Waals surface area contributed by atoms with Crippen molar-refractivity contribution in [2.75, 3.05) is 11.4 Å². The van der Waals surface area contributed by atoms with E-state index in [1.807, 2.05) is 18.2 Å². The quantitative estimate of drug-likeness (QED) is 0.581. The summed E-state index contributed by atoms with van der Waals surface area (Å²) in [5.41, 5.74) is 5.04. The van der Waals surface area contributed by atoms with Gasteiger partial charge < -0.3 is 4.90 Å². The summed E-state index contributed by atoms with van der Waals surface area (Å²) in [6.07, 6.45) is 1.06. The maximum atomic E-state index is 3.52. The smallest absolute Gasteiger partial charge is 0.117 e. The van der Waals surface area contributed by atoms with Crippen LogP contribution in [0.3, 0.4) is 0 Å². The Labute approximate surface area is 143 Å². The summed E-state index contributed by atoms with van der Waals surface area (Å²) in [5, 5.41) is 0. The van der Waals surface area contributed by atoms with Gasteiger partial charge in [0.05, 0.1) is 0 Å². The first-order valence-electron chi connectivity index (χ1n) is 8.38. The second kappa shape index (κ2) is 6.64. The Bertz CT molecular complexity index is 872. The van der Waals surface area contributed by atoms with Crippen LogP contribution in [0.2, 0.25) is 0 Å². The van der Waals surface area contributed by atoms with Gasteiger partial charge in [-0.05, 0) is 41.8 Å². The Morgan fingerprint density at radius 2 is 1.42 bits per heavy atom. The first-order chi connectivity index (χ1) is 11.9. The zero-order chi connectivity index (χ0) is 16.2. The molecule has 0 N–H and O–H groups in total. The van der Waals surface area contributed by atoms with E-state index in [9.17, 15) is 0 Å². The minimum Gasteiger partial charge on any atom is -0.353 e. The number of nitrogens with zero attached hydrogens (tertiary/aromatic N) is 1. The highest BCUT2D eigenvalue weighted by atomic mass is 15.2. The van der Waals surface area contributed by atoms with Gasteiger partial charge in [-0.2, -0.15) is 0 Å². The second-order valence-corrected chi connectivity index (χ2v) is 6.02. The van der Waals surface area contributed by atoms with Gasteiger partial charge in [-0.3, -0.25) is 0 Å². The van der Waals surface area contributed by atoms with Gasteiger partial charge in [0.2, 0.25) is 0 Å². The standard InChI is InChI=1S/C23H19N/c1-3-9-19(10-4-1)15-16-23-22-14-8-7-11-20(22)17-18-24(23)21-12-5-2-6-13-21/h1-14,23H,17-18H2. The summed E-state index contributed by atoms with van der Waals surface area (Å²) in [5.74, 6) is 6.88. The molecule has 1 aliphatic heterocycles. The molecule has 0 bridgehead atoms. The molecule has 1 heteroatoms. The van der Waals surface area contributed by atoms with Crippen LogP contribution in [0.15, 0.2) is 84.9 Å². The zero-order valence-corrected chi connectivity index (χ0v) is 13.5. The van der Waals surface area contributed by atoms with Gasteiger partial charge in [0.1, 0.15) is 6.04 Å². The fraction of sp³-hybridized carbons (Fsp3) is 0.130.